The molecular weight excluding hydrogens is 232 g/mol. The van der Waals surface area contributed by atoms with Crippen molar-refractivity contribution in [3.63, 3.8) is 0 Å². The first-order valence-corrected chi connectivity index (χ1v) is 6.97. The van der Waals surface area contributed by atoms with Crippen LogP contribution in [0.4, 0.5) is 0 Å². The maximum Gasteiger partial charge on any atom is 0.0609 e. The van der Waals surface area contributed by atoms with Gasteiger partial charge in [0.05, 0.1) is 6.10 Å². The summed E-state index contributed by atoms with van der Waals surface area (Å²) in [4.78, 5) is 0. The zero-order chi connectivity index (χ0) is 12.3. The van der Waals surface area contributed by atoms with Crippen LogP contribution >= 0.6 is 11.6 Å². The van der Waals surface area contributed by atoms with Crippen LogP contribution in [-0.4, -0.2) is 11.2 Å². The Morgan fingerprint density at radius 3 is 2.65 bits per heavy atom. The van der Waals surface area contributed by atoms with Crippen molar-refractivity contribution in [2.45, 2.75) is 51.6 Å². The van der Waals surface area contributed by atoms with Crippen LogP contribution in [0.3, 0.4) is 0 Å². The van der Waals surface area contributed by atoms with Gasteiger partial charge in [-0.1, -0.05) is 43.0 Å². The molecule has 0 amide bonds. The molecule has 1 saturated carbocycles. The van der Waals surface area contributed by atoms with Gasteiger partial charge in [-0.3, -0.25) is 0 Å². The lowest BCUT2D eigenvalue weighted by Gasteiger charge is -2.26. The average Bonchev–Trinajstić information content (AvgIpc) is 2.34. The van der Waals surface area contributed by atoms with Gasteiger partial charge in [0.15, 0.2) is 0 Å². The highest BCUT2D eigenvalue weighted by Gasteiger charge is 2.22. The van der Waals surface area contributed by atoms with E-state index in [1.54, 1.807) is 0 Å². The molecule has 2 heteroatoms. The van der Waals surface area contributed by atoms with E-state index in [9.17, 15) is 5.11 Å². The molecule has 0 spiro atoms. The molecule has 0 radical (unpaired) electrons. The second-order valence-corrected chi connectivity index (χ2v) is 5.67. The number of halogens is 1. The third-order valence-corrected chi connectivity index (χ3v) is 4.18. The quantitative estimate of drug-likeness (QED) is 0.858. The second-order valence-electron chi connectivity index (χ2n) is 5.26. The van der Waals surface area contributed by atoms with Crippen molar-refractivity contribution < 1.29 is 5.11 Å². The smallest absolute Gasteiger partial charge is 0.0609 e. The average molecular weight is 253 g/mol. The molecule has 94 valence electrons. The summed E-state index contributed by atoms with van der Waals surface area (Å²) in [5.74, 6) is 0.473. The summed E-state index contributed by atoms with van der Waals surface area (Å²) in [5.41, 5.74) is 2.25. The number of rotatable bonds is 3. The number of hydrogen-bond acceptors (Lipinski definition) is 1. The monoisotopic (exact) mass is 252 g/mol. The van der Waals surface area contributed by atoms with Crippen molar-refractivity contribution in [3.05, 3.63) is 34.3 Å². The van der Waals surface area contributed by atoms with Crippen molar-refractivity contribution >= 4 is 11.6 Å². The van der Waals surface area contributed by atoms with Gasteiger partial charge in [0.25, 0.3) is 0 Å². The summed E-state index contributed by atoms with van der Waals surface area (Å²) in [5, 5.41) is 11.1. The number of benzene rings is 1. The molecule has 0 saturated heterocycles. The van der Waals surface area contributed by atoms with Gasteiger partial charge in [0.2, 0.25) is 0 Å². The fourth-order valence-electron chi connectivity index (χ4n) is 2.73. The SMILES string of the molecule is Cc1ccc(CC(O)C2CCCCC2)c(Cl)c1. The minimum Gasteiger partial charge on any atom is -0.392 e. The third kappa shape index (κ3) is 3.46. The lowest BCUT2D eigenvalue weighted by atomic mass is 9.83. The number of hydrogen-bond donors (Lipinski definition) is 1. The van der Waals surface area contributed by atoms with Crippen LogP contribution in [0, 0.1) is 12.8 Å². The number of aliphatic hydroxyl groups excluding tert-OH is 1. The first kappa shape index (κ1) is 12.9. The Hall–Kier alpha value is -0.530. The molecule has 1 aliphatic carbocycles. The van der Waals surface area contributed by atoms with E-state index in [1.807, 2.05) is 19.1 Å². The maximum absolute atomic E-state index is 10.3. The maximum atomic E-state index is 10.3. The Morgan fingerprint density at radius 1 is 1.29 bits per heavy atom. The summed E-state index contributed by atoms with van der Waals surface area (Å²) in [6.45, 7) is 2.03. The highest BCUT2D eigenvalue weighted by atomic mass is 35.5. The van der Waals surface area contributed by atoms with Gasteiger partial charge in [-0.15, -0.1) is 0 Å². The van der Waals surface area contributed by atoms with E-state index in [2.05, 4.69) is 6.07 Å². The highest BCUT2D eigenvalue weighted by molar-refractivity contribution is 6.31. The zero-order valence-electron chi connectivity index (χ0n) is 10.5. The Labute approximate surface area is 109 Å². The molecule has 1 aromatic carbocycles. The first-order chi connectivity index (χ1) is 8.16. The van der Waals surface area contributed by atoms with Crippen molar-refractivity contribution in [3.8, 4) is 0 Å². The van der Waals surface area contributed by atoms with Gasteiger partial charge in [-0.05, 0) is 42.9 Å². The standard InChI is InChI=1S/C15H21ClO/c1-11-7-8-13(14(16)9-11)10-15(17)12-5-3-2-4-6-12/h7-9,12,15,17H,2-6,10H2,1H3. The Kier molecular flexibility index (Phi) is 4.47. The van der Waals surface area contributed by atoms with Crippen molar-refractivity contribution in [1.29, 1.82) is 0 Å². The lowest BCUT2D eigenvalue weighted by Crippen LogP contribution is -2.25. The van der Waals surface area contributed by atoms with Crippen LogP contribution < -0.4 is 0 Å². The normalized spacial score (nSPS) is 19.2. The van der Waals surface area contributed by atoms with E-state index in [1.165, 1.54) is 37.7 Å². The van der Waals surface area contributed by atoms with E-state index >= 15 is 0 Å². The molecule has 0 bridgehead atoms. The van der Waals surface area contributed by atoms with E-state index < -0.39 is 0 Å². The predicted octanol–water partition coefficient (Wildman–Crippen LogP) is 4.13. The Morgan fingerprint density at radius 2 is 2.00 bits per heavy atom. The lowest BCUT2D eigenvalue weighted by molar-refractivity contribution is 0.0851. The Balaban J connectivity index is 1.99. The summed E-state index contributed by atoms with van der Waals surface area (Å²) in [6.07, 6.45) is 6.68. The second kappa shape index (κ2) is 5.88. The summed E-state index contributed by atoms with van der Waals surface area (Å²) >= 11 is 6.20. The number of aliphatic hydroxyl groups is 1. The van der Waals surface area contributed by atoms with E-state index in [0.717, 1.165) is 10.6 Å². The van der Waals surface area contributed by atoms with Crippen LogP contribution in [0.15, 0.2) is 18.2 Å². The van der Waals surface area contributed by atoms with Crippen LogP contribution in [0.2, 0.25) is 5.02 Å². The van der Waals surface area contributed by atoms with Gasteiger partial charge in [-0.2, -0.15) is 0 Å². The largest absolute Gasteiger partial charge is 0.392 e. The molecule has 1 aliphatic rings. The summed E-state index contributed by atoms with van der Waals surface area (Å²) < 4.78 is 0. The topological polar surface area (TPSA) is 20.2 Å². The molecule has 1 atom stereocenters. The molecule has 1 unspecified atom stereocenters. The minimum absolute atomic E-state index is 0.226. The molecule has 0 heterocycles. The molecule has 1 N–H and O–H groups in total. The van der Waals surface area contributed by atoms with Gasteiger partial charge in [-0.25, -0.2) is 0 Å². The molecule has 1 nitrogen and oxygen atoms in total. The van der Waals surface area contributed by atoms with Gasteiger partial charge >= 0.3 is 0 Å². The Bertz CT molecular complexity index is 369. The van der Waals surface area contributed by atoms with Gasteiger partial charge in [0, 0.05) is 11.4 Å². The van der Waals surface area contributed by atoms with E-state index in [4.69, 9.17) is 11.6 Å². The molecule has 0 aromatic heterocycles. The third-order valence-electron chi connectivity index (χ3n) is 3.83. The predicted molar refractivity (Wildman–Crippen MR) is 72.5 cm³/mol. The van der Waals surface area contributed by atoms with E-state index in [-0.39, 0.29) is 6.10 Å². The zero-order valence-corrected chi connectivity index (χ0v) is 11.2. The van der Waals surface area contributed by atoms with Crippen LogP contribution in [-0.2, 0) is 6.42 Å². The van der Waals surface area contributed by atoms with Crippen molar-refractivity contribution in [2.75, 3.05) is 0 Å². The first-order valence-electron chi connectivity index (χ1n) is 6.60. The van der Waals surface area contributed by atoms with Crippen LogP contribution in [0.5, 0.6) is 0 Å². The molecular formula is C15H21ClO. The molecule has 1 fully saturated rings. The van der Waals surface area contributed by atoms with Crippen molar-refractivity contribution in [2.24, 2.45) is 5.92 Å². The summed E-state index contributed by atoms with van der Waals surface area (Å²) in [6, 6.07) is 6.09. The van der Waals surface area contributed by atoms with Crippen molar-refractivity contribution in [1.82, 2.24) is 0 Å². The van der Waals surface area contributed by atoms with Crippen LogP contribution in [0.25, 0.3) is 0 Å². The van der Waals surface area contributed by atoms with Gasteiger partial charge in [0.1, 0.15) is 0 Å². The minimum atomic E-state index is -0.226. The van der Waals surface area contributed by atoms with Crippen LogP contribution in [0.1, 0.15) is 43.2 Å². The fraction of sp³-hybridized carbons (Fsp3) is 0.600. The fourth-order valence-corrected chi connectivity index (χ4v) is 3.04. The molecule has 2 rings (SSSR count). The molecule has 1 aromatic rings. The molecule has 17 heavy (non-hydrogen) atoms. The number of aryl methyl sites for hydroxylation is 1. The summed E-state index contributed by atoms with van der Waals surface area (Å²) in [7, 11) is 0. The van der Waals surface area contributed by atoms with Gasteiger partial charge < -0.3 is 5.11 Å². The van der Waals surface area contributed by atoms with E-state index in [0.29, 0.717) is 12.3 Å². The molecule has 0 aliphatic heterocycles. The highest BCUT2D eigenvalue weighted by Crippen LogP contribution is 2.29.